The van der Waals surface area contributed by atoms with Crippen LogP contribution in [-0.2, 0) is 9.47 Å². The minimum absolute atomic E-state index is 0.150. The molecule has 0 radical (unpaired) electrons. The molecule has 4 heteroatoms. The third-order valence-corrected chi connectivity index (χ3v) is 2.18. The average molecular weight is 188 g/mol. The van der Waals surface area contributed by atoms with Crippen molar-refractivity contribution >= 4 is 6.16 Å². The lowest BCUT2D eigenvalue weighted by molar-refractivity contribution is 0.0785. The van der Waals surface area contributed by atoms with E-state index in [0.717, 1.165) is 25.7 Å². The summed E-state index contributed by atoms with van der Waals surface area (Å²) < 4.78 is 9.63. The molecule has 1 aliphatic heterocycles. The molecule has 2 atom stereocenters. The summed E-state index contributed by atoms with van der Waals surface area (Å²) in [6, 6.07) is 0. The highest BCUT2D eigenvalue weighted by Crippen LogP contribution is 2.20. The van der Waals surface area contributed by atoms with E-state index in [1.165, 1.54) is 0 Å². The summed E-state index contributed by atoms with van der Waals surface area (Å²) in [5, 5.41) is 8.85. The van der Waals surface area contributed by atoms with Crippen molar-refractivity contribution in [3.63, 3.8) is 0 Å². The van der Waals surface area contributed by atoms with Gasteiger partial charge in [-0.1, -0.05) is 19.8 Å². The monoisotopic (exact) mass is 188 g/mol. The van der Waals surface area contributed by atoms with Crippen LogP contribution in [0.1, 0.15) is 32.6 Å². The van der Waals surface area contributed by atoms with Crippen LogP contribution in [0.5, 0.6) is 0 Å². The van der Waals surface area contributed by atoms with Crippen LogP contribution in [0.4, 0.5) is 4.79 Å². The molecule has 0 bridgehead atoms. The van der Waals surface area contributed by atoms with Crippen LogP contribution >= 0.6 is 0 Å². The molecule has 76 valence electrons. The van der Waals surface area contributed by atoms with Crippen LogP contribution in [-0.4, -0.2) is 30.1 Å². The maximum absolute atomic E-state index is 10.7. The summed E-state index contributed by atoms with van der Waals surface area (Å²) in [4.78, 5) is 10.7. The second-order valence-electron chi connectivity index (χ2n) is 3.24. The molecule has 13 heavy (non-hydrogen) atoms. The molecule has 0 spiro atoms. The molecular weight excluding hydrogens is 172 g/mol. The Morgan fingerprint density at radius 2 is 2.00 bits per heavy atom. The zero-order chi connectivity index (χ0) is 9.68. The standard InChI is InChI=1S/C9H16O4/c1-2-3-4-5-7-8(6-10)13-9(11)12-7/h7-8,10H,2-6H2,1H3/t7-,8+/m1/s1. The van der Waals surface area contributed by atoms with Gasteiger partial charge in [-0.15, -0.1) is 0 Å². The van der Waals surface area contributed by atoms with Crippen molar-refractivity contribution < 1.29 is 19.4 Å². The number of carbonyl (C=O) groups is 1. The average Bonchev–Trinajstić information content (AvgIpc) is 2.47. The Morgan fingerprint density at radius 1 is 1.31 bits per heavy atom. The van der Waals surface area contributed by atoms with Crippen molar-refractivity contribution in [2.45, 2.75) is 44.8 Å². The highest BCUT2D eigenvalue weighted by Gasteiger charge is 2.35. The second kappa shape index (κ2) is 5.07. The van der Waals surface area contributed by atoms with Crippen molar-refractivity contribution in [1.29, 1.82) is 0 Å². The zero-order valence-electron chi connectivity index (χ0n) is 7.86. The lowest BCUT2D eigenvalue weighted by Crippen LogP contribution is -2.25. The van der Waals surface area contributed by atoms with Crippen molar-refractivity contribution in [3.05, 3.63) is 0 Å². The minimum atomic E-state index is -0.652. The van der Waals surface area contributed by atoms with E-state index in [9.17, 15) is 4.79 Å². The number of unbranched alkanes of at least 4 members (excludes halogenated alkanes) is 2. The molecule has 0 aromatic carbocycles. The Kier molecular flexibility index (Phi) is 4.02. The zero-order valence-corrected chi connectivity index (χ0v) is 7.86. The third-order valence-electron chi connectivity index (χ3n) is 2.18. The normalized spacial score (nSPS) is 27.1. The SMILES string of the molecule is CCCCC[C@H]1OC(=O)O[C@H]1CO. The van der Waals surface area contributed by atoms with Gasteiger partial charge in [-0.05, 0) is 12.8 Å². The topological polar surface area (TPSA) is 55.8 Å². The van der Waals surface area contributed by atoms with Gasteiger partial charge in [-0.2, -0.15) is 0 Å². The van der Waals surface area contributed by atoms with Crippen molar-refractivity contribution in [2.75, 3.05) is 6.61 Å². The summed E-state index contributed by atoms with van der Waals surface area (Å²) in [5.74, 6) is 0. The first kappa shape index (κ1) is 10.3. The smallest absolute Gasteiger partial charge is 0.427 e. The number of hydrogen-bond acceptors (Lipinski definition) is 4. The number of rotatable bonds is 5. The molecule has 1 heterocycles. The lowest BCUT2D eigenvalue weighted by atomic mass is 10.1. The number of aliphatic hydroxyl groups is 1. The number of hydrogen-bond donors (Lipinski definition) is 1. The molecule has 1 N–H and O–H groups in total. The molecular formula is C9H16O4. The molecule has 1 rings (SSSR count). The minimum Gasteiger partial charge on any atom is -0.427 e. The van der Waals surface area contributed by atoms with E-state index in [1.54, 1.807) is 0 Å². The van der Waals surface area contributed by atoms with Crippen LogP contribution < -0.4 is 0 Å². The Labute approximate surface area is 77.8 Å². The van der Waals surface area contributed by atoms with E-state index in [4.69, 9.17) is 14.6 Å². The van der Waals surface area contributed by atoms with E-state index in [2.05, 4.69) is 6.92 Å². The number of ether oxygens (including phenoxy) is 2. The molecule has 0 amide bonds. The Bertz CT molecular complexity index is 169. The second-order valence-corrected chi connectivity index (χ2v) is 3.24. The predicted octanol–water partition coefficient (Wildman–Crippen LogP) is 1.46. The van der Waals surface area contributed by atoms with Gasteiger partial charge in [-0.3, -0.25) is 0 Å². The van der Waals surface area contributed by atoms with E-state index >= 15 is 0 Å². The Balaban J connectivity index is 2.27. The first-order chi connectivity index (χ1) is 6.27. The van der Waals surface area contributed by atoms with Crippen LogP contribution in [0.15, 0.2) is 0 Å². The molecule has 1 aliphatic rings. The Morgan fingerprint density at radius 3 is 2.62 bits per heavy atom. The largest absolute Gasteiger partial charge is 0.509 e. The molecule has 1 fully saturated rings. The third kappa shape index (κ3) is 2.88. The van der Waals surface area contributed by atoms with E-state index in [1.807, 2.05) is 0 Å². The van der Waals surface area contributed by atoms with E-state index in [-0.39, 0.29) is 12.7 Å². The maximum Gasteiger partial charge on any atom is 0.509 e. The Hall–Kier alpha value is -0.770. The van der Waals surface area contributed by atoms with E-state index in [0.29, 0.717) is 0 Å². The summed E-state index contributed by atoms with van der Waals surface area (Å²) in [5.41, 5.74) is 0. The summed E-state index contributed by atoms with van der Waals surface area (Å²) in [6.45, 7) is 1.96. The van der Waals surface area contributed by atoms with Gasteiger partial charge >= 0.3 is 6.16 Å². The summed E-state index contributed by atoms with van der Waals surface area (Å²) >= 11 is 0. The van der Waals surface area contributed by atoms with Gasteiger partial charge in [-0.25, -0.2) is 4.79 Å². The van der Waals surface area contributed by atoms with Crippen LogP contribution in [0.3, 0.4) is 0 Å². The molecule has 0 aromatic rings. The highest BCUT2D eigenvalue weighted by atomic mass is 16.8. The lowest BCUT2D eigenvalue weighted by Gasteiger charge is -2.11. The molecule has 0 unspecified atom stereocenters. The quantitative estimate of drug-likeness (QED) is 0.524. The van der Waals surface area contributed by atoms with Crippen LogP contribution in [0.25, 0.3) is 0 Å². The van der Waals surface area contributed by atoms with Gasteiger partial charge in [0, 0.05) is 0 Å². The fourth-order valence-corrected chi connectivity index (χ4v) is 1.42. The van der Waals surface area contributed by atoms with E-state index < -0.39 is 12.3 Å². The molecule has 0 saturated carbocycles. The number of cyclic esters (lactones) is 2. The van der Waals surface area contributed by atoms with Crippen molar-refractivity contribution in [2.24, 2.45) is 0 Å². The fourth-order valence-electron chi connectivity index (χ4n) is 1.42. The first-order valence-electron chi connectivity index (χ1n) is 4.76. The fraction of sp³-hybridized carbons (Fsp3) is 0.889. The van der Waals surface area contributed by atoms with Crippen LogP contribution in [0.2, 0.25) is 0 Å². The molecule has 4 nitrogen and oxygen atoms in total. The molecule has 0 aromatic heterocycles. The highest BCUT2D eigenvalue weighted by molar-refractivity contribution is 5.62. The van der Waals surface area contributed by atoms with Gasteiger partial charge in [0.15, 0.2) is 6.10 Å². The van der Waals surface area contributed by atoms with Gasteiger partial charge < -0.3 is 14.6 Å². The molecule has 0 aliphatic carbocycles. The van der Waals surface area contributed by atoms with Crippen LogP contribution in [0, 0.1) is 0 Å². The first-order valence-corrected chi connectivity index (χ1v) is 4.76. The van der Waals surface area contributed by atoms with Gasteiger partial charge in [0.1, 0.15) is 6.10 Å². The van der Waals surface area contributed by atoms with Crippen molar-refractivity contribution in [3.8, 4) is 0 Å². The molecule has 1 saturated heterocycles. The maximum atomic E-state index is 10.7. The van der Waals surface area contributed by atoms with Gasteiger partial charge in [0.25, 0.3) is 0 Å². The summed E-state index contributed by atoms with van der Waals surface area (Å²) in [7, 11) is 0. The van der Waals surface area contributed by atoms with Gasteiger partial charge in [0.2, 0.25) is 0 Å². The summed E-state index contributed by atoms with van der Waals surface area (Å²) in [6.07, 6.45) is 2.69. The van der Waals surface area contributed by atoms with Crippen molar-refractivity contribution in [1.82, 2.24) is 0 Å². The van der Waals surface area contributed by atoms with Gasteiger partial charge in [0.05, 0.1) is 6.61 Å². The predicted molar refractivity (Wildman–Crippen MR) is 46.4 cm³/mol. The number of aliphatic hydroxyl groups excluding tert-OH is 1. The number of carbonyl (C=O) groups excluding carboxylic acids is 1.